The van der Waals surface area contributed by atoms with Crippen LogP contribution in [0.3, 0.4) is 0 Å². The van der Waals surface area contributed by atoms with Gasteiger partial charge in [0.1, 0.15) is 5.82 Å². The summed E-state index contributed by atoms with van der Waals surface area (Å²) in [6.45, 7) is 2.39. The van der Waals surface area contributed by atoms with E-state index in [9.17, 15) is 4.79 Å². The lowest BCUT2D eigenvalue weighted by atomic mass is 10.1. The number of hydrazine groups is 1. The lowest BCUT2D eigenvalue weighted by Crippen LogP contribution is -2.26. The molecule has 0 aliphatic carbocycles. The van der Waals surface area contributed by atoms with E-state index in [-0.39, 0.29) is 5.91 Å². The molecule has 1 heterocycles. The van der Waals surface area contributed by atoms with Gasteiger partial charge in [-0.2, -0.15) is 0 Å². The Morgan fingerprint density at radius 3 is 2.65 bits per heavy atom. The topological polar surface area (TPSA) is 71.2 Å². The predicted octanol–water partition coefficient (Wildman–Crippen LogP) is 1.95. The Labute approximate surface area is 118 Å². The SMILES string of the molecule is Cc1cc(C(=O)N(C)Cc2ccccc2)cc(NN)n1. The van der Waals surface area contributed by atoms with Crippen molar-refractivity contribution in [1.82, 2.24) is 9.88 Å². The smallest absolute Gasteiger partial charge is 0.254 e. The van der Waals surface area contributed by atoms with Gasteiger partial charge in [-0.15, -0.1) is 0 Å². The summed E-state index contributed by atoms with van der Waals surface area (Å²) in [6.07, 6.45) is 0. The van der Waals surface area contributed by atoms with Crippen molar-refractivity contribution in [1.29, 1.82) is 0 Å². The second-order valence-electron chi connectivity index (χ2n) is 4.67. The van der Waals surface area contributed by atoms with E-state index >= 15 is 0 Å². The van der Waals surface area contributed by atoms with Crippen molar-refractivity contribution >= 4 is 11.7 Å². The Morgan fingerprint density at radius 2 is 2.00 bits per heavy atom. The standard InChI is InChI=1S/C15H18N4O/c1-11-8-13(9-14(17-11)18-16)15(20)19(2)10-12-6-4-3-5-7-12/h3-9H,10,16H2,1-2H3,(H,17,18). The molecule has 0 spiro atoms. The minimum atomic E-state index is -0.0594. The average Bonchev–Trinajstić information content (AvgIpc) is 2.46. The summed E-state index contributed by atoms with van der Waals surface area (Å²) in [6, 6.07) is 13.3. The maximum Gasteiger partial charge on any atom is 0.254 e. The molecule has 5 nitrogen and oxygen atoms in total. The molecule has 5 heteroatoms. The molecule has 20 heavy (non-hydrogen) atoms. The van der Waals surface area contributed by atoms with Crippen molar-refractivity contribution in [3.8, 4) is 0 Å². The van der Waals surface area contributed by atoms with E-state index in [0.29, 0.717) is 17.9 Å². The fourth-order valence-electron chi connectivity index (χ4n) is 2.02. The fraction of sp³-hybridized carbons (Fsp3) is 0.200. The maximum absolute atomic E-state index is 12.4. The molecule has 0 saturated carbocycles. The predicted molar refractivity (Wildman–Crippen MR) is 79.0 cm³/mol. The Morgan fingerprint density at radius 1 is 1.30 bits per heavy atom. The molecule has 1 aromatic carbocycles. The summed E-state index contributed by atoms with van der Waals surface area (Å²) < 4.78 is 0. The van der Waals surface area contributed by atoms with Crippen LogP contribution in [-0.4, -0.2) is 22.8 Å². The molecule has 1 aromatic heterocycles. The quantitative estimate of drug-likeness (QED) is 0.658. The minimum Gasteiger partial charge on any atom is -0.337 e. The molecule has 1 amide bonds. The first-order valence-corrected chi connectivity index (χ1v) is 6.35. The zero-order valence-corrected chi connectivity index (χ0v) is 11.6. The van der Waals surface area contributed by atoms with Crippen molar-refractivity contribution in [3.63, 3.8) is 0 Å². The van der Waals surface area contributed by atoms with Crippen LogP contribution in [0.5, 0.6) is 0 Å². The van der Waals surface area contributed by atoms with E-state index in [2.05, 4.69) is 10.4 Å². The number of nitrogens with one attached hydrogen (secondary N) is 1. The minimum absolute atomic E-state index is 0.0594. The molecule has 0 fully saturated rings. The highest BCUT2D eigenvalue weighted by atomic mass is 16.2. The first kappa shape index (κ1) is 14.0. The molecule has 2 rings (SSSR count). The number of nitrogens with zero attached hydrogens (tertiary/aromatic N) is 2. The highest BCUT2D eigenvalue weighted by molar-refractivity contribution is 5.94. The van der Waals surface area contributed by atoms with Crippen molar-refractivity contribution < 1.29 is 4.79 Å². The summed E-state index contributed by atoms with van der Waals surface area (Å²) >= 11 is 0. The van der Waals surface area contributed by atoms with Gasteiger partial charge in [0.05, 0.1) is 0 Å². The number of amides is 1. The van der Waals surface area contributed by atoms with E-state index in [1.165, 1.54) is 0 Å². The first-order valence-electron chi connectivity index (χ1n) is 6.35. The van der Waals surface area contributed by atoms with Gasteiger partial charge >= 0.3 is 0 Å². The molecule has 0 radical (unpaired) electrons. The molecule has 104 valence electrons. The molecule has 0 unspecified atom stereocenters. The van der Waals surface area contributed by atoms with Gasteiger partial charge in [-0.3, -0.25) is 4.79 Å². The van der Waals surface area contributed by atoms with E-state index < -0.39 is 0 Å². The highest BCUT2D eigenvalue weighted by Gasteiger charge is 2.13. The van der Waals surface area contributed by atoms with Gasteiger partial charge in [-0.1, -0.05) is 30.3 Å². The van der Waals surface area contributed by atoms with Gasteiger partial charge in [0.25, 0.3) is 5.91 Å². The molecule has 0 atom stereocenters. The lowest BCUT2D eigenvalue weighted by molar-refractivity contribution is 0.0785. The van der Waals surface area contributed by atoms with Crippen LogP contribution in [-0.2, 0) is 6.54 Å². The van der Waals surface area contributed by atoms with Crippen molar-refractivity contribution in [3.05, 3.63) is 59.3 Å². The normalized spacial score (nSPS) is 10.2. The van der Waals surface area contributed by atoms with Crippen LogP contribution >= 0.6 is 0 Å². The molecule has 0 bridgehead atoms. The number of rotatable bonds is 4. The summed E-state index contributed by atoms with van der Waals surface area (Å²) in [5.41, 5.74) is 4.88. The van der Waals surface area contributed by atoms with Gasteiger partial charge in [-0.05, 0) is 24.6 Å². The highest BCUT2D eigenvalue weighted by Crippen LogP contribution is 2.13. The zero-order valence-electron chi connectivity index (χ0n) is 11.6. The number of carbonyl (C=O) groups excluding carboxylic acids is 1. The second-order valence-corrected chi connectivity index (χ2v) is 4.67. The molecule has 0 saturated heterocycles. The zero-order chi connectivity index (χ0) is 14.5. The van der Waals surface area contributed by atoms with Gasteiger partial charge in [0, 0.05) is 24.8 Å². The largest absolute Gasteiger partial charge is 0.337 e. The summed E-state index contributed by atoms with van der Waals surface area (Å²) in [5, 5.41) is 0. The number of nitrogens with two attached hydrogens (primary N) is 1. The fourth-order valence-corrected chi connectivity index (χ4v) is 2.02. The molecular weight excluding hydrogens is 252 g/mol. The maximum atomic E-state index is 12.4. The number of hydrogen-bond donors (Lipinski definition) is 2. The molecule has 0 aliphatic heterocycles. The van der Waals surface area contributed by atoms with E-state index in [1.807, 2.05) is 37.3 Å². The van der Waals surface area contributed by atoms with Crippen LogP contribution in [0.4, 0.5) is 5.82 Å². The van der Waals surface area contributed by atoms with Crippen LogP contribution < -0.4 is 11.3 Å². The van der Waals surface area contributed by atoms with E-state index in [0.717, 1.165) is 11.3 Å². The Hall–Kier alpha value is -2.40. The number of nitrogen functional groups attached to an aromatic ring is 1. The number of pyridine rings is 1. The van der Waals surface area contributed by atoms with E-state index in [1.54, 1.807) is 24.1 Å². The van der Waals surface area contributed by atoms with E-state index in [4.69, 9.17) is 5.84 Å². The number of benzene rings is 1. The molecule has 2 aromatic rings. The van der Waals surface area contributed by atoms with Crippen LogP contribution in [0.15, 0.2) is 42.5 Å². The number of anilines is 1. The van der Waals surface area contributed by atoms with Crippen molar-refractivity contribution in [2.75, 3.05) is 12.5 Å². The monoisotopic (exact) mass is 270 g/mol. The summed E-state index contributed by atoms with van der Waals surface area (Å²) in [7, 11) is 1.78. The van der Waals surface area contributed by atoms with Crippen LogP contribution in [0, 0.1) is 6.92 Å². The second kappa shape index (κ2) is 6.16. The Balaban J connectivity index is 2.16. The van der Waals surface area contributed by atoms with Crippen molar-refractivity contribution in [2.24, 2.45) is 5.84 Å². The number of carbonyl (C=O) groups is 1. The number of aryl methyl sites for hydroxylation is 1. The first-order chi connectivity index (χ1) is 9.60. The lowest BCUT2D eigenvalue weighted by Gasteiger charge is -2.18. The third kappa shape index (κ3) is 3.33. The third-order valence-corrected chi connectivity index (χ3v) is 2.96. The van der Waals surface area contributed by atoms with Gasteiger partial charge in [-0.25, -0.2) is 10.8 Å². The van der Waals surface area contributed by atoms with Crippen molar-refractivity contribution in [2.45, 2.75) is 13.5 Å². The summed E-state index contributed by atoms with van der Waals surface area (Å²) in [5.74, 6) is 5.78. The number of aromatic nitrogens is 1. The van der Waals surface area contributed by atoms with Crippen LogP contribution in [0.1, 0.15) is 21.6 Å². The molecular formula is C15H18N4O. The average molecular weight is 270 g/mol. The Kier molecular flexibility index (Phi) is 4.32. The van der Waals surface area contributed by atoms with Gasteiger partial charge in [0.15, 0.2) is 0 Å². The molecule has 0 aliphatic rings. The van der Waals surface area contributed by atoms with Gasteiger partial charge in [0.2, 0.25) is 0 Å². The molecule has 3 N–H and O–H groups in total. The number of hydrogen-bond acceptors (Lipinski definition) is 4. The van der Waals surface area contributed by atoms with Crippen LogP contribution in [0.2, 0.25) is 0 Å². The third-order valence-electron chi connectivity index (χ3n) is 2.96. The Bertz CT molecular complexity index is 598. The van der Waals surface area contributed by atoms with Crippen LogP contribution in [0.25, 0.3) is 0 Å². The van der Waals surface area contributed by atoms with Gasteiger partial charge < -0.3 is 10.3 Å². The summed E-state index contributed by atoms with van der Waals surface area (Å²) in [4.78, 5) is 18.2.